The minimum Gasteiger partial charge on any atom is -0.497 e. The average molecular weight is 354 g/mol. The minimum absolute atomic E-state index is 0.0390. The van der Waals surface area contributed by atoms with Crippen molar-refractivity contribution in [2.45, 2.75) is 38.6 Å². The normalized spacial score (nSPS) is 18.1. The second kappa shape index (κ2) is 6.82. The fourth-order valence-corrected chi connectivity index (χ4v) is 3.56. The number of amides is 1. The Labute approximate surface area is 151 Å². The molecule has 7 nitrogen and oxygen atoms in total. The van der Waals surface area contributed by atoms with Gasteiger partial charge in [-0.15, -0.1) is 10.2 Å². The highest BCUT2D eigenvalue weighted by molar-refractivity contribution is 5.98. The molecule has 26 heavy (non-hydrogen) atoms. The molecule has 7 heteroatoms. The maximum absolute atomic E-state index is 13.2. The molecule has 1 saturated heterocycles. The molecular weight excluding hydrogens is 332 g/mol. The number of likely N-dealkylation sites (tertiary alicyclic amines) is 1. The van der Waals surface area contributed by atoms with Crippen molar-refractivity contribution in [3.05, 3.63) is 41.7 Å². The van der Waals surface area contributed by atoms with Crippen LogP contribution in [0.25, 0.3) is 10.9 Å². The van der Waals surface area contributed by atoms with Crippen LogP contribution in [0.4, 0.5) is 0 Å². The lowest BCUT2D eigenvalue weighted by Gasteiger charge is -2.27. The summed E-state index contributed by atoms with van der Waals surface area (Å²) in [5, 5.41) is 9.08. The van der Waals surface area contributed by atoms with E-state index in [1.807, 2.05) is 29.2 Å². The Bertz CT molecular complexity index is 930. The number of nitrogens with zero attached hydrogens (tertiary/aromatic N) is 3. The van der Waals surface area contributed by atoms with E-state index in [1.54, 1.807) is 14.0 Å². The number of hydrogen-bond donors (Lipinski definition) is 1. The van der Waals surface area contributed by atoms with Gasteiger partial charge >= 0.3 is 0 Å². The summed E-state index contributed by atoms with van der Waals surface area (Å²) in [6, 6.07) is 7.45. The van der Waals surface area contributed by atoms with Crippen LogP contribution >= 0.6 is 0 Å². The van der Waals surface area contributed by atoms with Gasteiger partial charge in [-0.25, -0.2) is 0 Å². The van der Waals surface area contributed by atoms with Gasteiger partial charge in [0.05, 0.1) is 7.11 Å². The lowest BCUT2D eigenvalue weighted by Crippen LogP contribution is -2.35. The van der Waals surface area contributed by atoms with Crippen molar-refractivity contribution >= 4 is 16.8 Å². The molecule has 3 heterocycles. The summed E-state index contributed by atoms with van der Waals surface area (Å²) in [6.07, 6.45) is 3.95. The fraction of sp³-hybridized carbons (Fsp3) is 0.421. The topological polar surface area (TPSA) is 84.2 Å². The largest absolute Gasteiger partial charge is 0.497 e. The Balaban J connectivity index is 1.67. The number of aromatic nitrogens is 3. The highest BCUT2D eigenvalue weighted by atomic mass is 16.5. The summed E-state index contributed by atoms with van der Waals surface area (Å²) >= 11 is 0. The lowest BCUT2D eigenvalue weighted by atomic mass is 10.1. The highest BCUT2D eigenvalue weighted by Gasteiger charge is 2.31. The predicted octanol–water partition coefficient (Wildman–Crippen LogP) is 3.63. The van der Waals surface area contributed by atoms with E-state index < -0.39 is 0 Å². The monoisotopic (exact) mass is 354 g/mol. The molecule has 1 atom stereocenters. The standard InChI is InChI=1S/C19H22N4O3/c1-12-21-22-18(26-12)17-6-4-3-5-9-23(17)19(24)16-10-13-7-8-14(25-2)11-15(13)20-16/h7-8,10-11,17,20H,3-6,9H2,1-2H3. The lowest BCUT2D eigenvalue weighted by molar-refractivity contribution is 0.0646. The fourth-order valence-electron chi connectivity index (χ4n) is 3.56. The van der Waals surface area contributed by atoms with Crippen molar-refractivity contribution < 1.29 is 13.9 Å². The van der Waals surface area contributed by atoms with Crippen LogP contribution in [0.5, 0.6) is 5.75 Å². The van der Waals surface area contributed by atoms with Crippen molar-refractivity contribution in [1.29, 1.82) is 0 Å². The van der Waals surface area contributed by atoms with Crippen LogP contribution < -0.4 is 4.74 Å². The van der Waals surface area contributed by atoms with Gasteiger partial charge in [0.15, 0.2) is 0 Å². The average Bonchev–Trinajstić information content (AvgIpc) is 3.19. The van der Waals surface area contributed by atoms with Gasteiger partial charge in [0.2, 0.25) is 11.8 Å². The molecule has 2 aromatic heterocycles. The minimum atomic E-state index is -0.174. The number of methoxy groups -OCH3 is 1. The molecular formula is C19H22N4O3. The summed E-state index contributed by atoms with van der Waals surface area (Å²) in [6.45, 7) is 2.45. The molecule has 1 aliphatic rings. The molecule has 0 spiro atoms. The molecule has 1 aromatic carbocycles. The van der Waals surface area contributed by atoms with Gasteiger partial charge in [0.1, 0.15) is 17.5 Å². The zero-order valence-corrected chi connectivity index (χ0v) is 15.0. The molecule has 0 radical (unpaired) electrons. The molecule has 0 bridgehead atoms. The van der Waals surface area contributed by atoms with Gasteiger partial charge in [-0.1, -0.05) is 12.8 Å². The quantitative estimate of drug-likeness (QED) is 0.776. The molecule has 0 aliphatic carbocycles. The number of nitrogens with one attached hydrogen (secondary N) is 1. The van der Waals surface area contributed by atoms with Crippen molar-refractivity contribution in [1.82, 2.24) is 20.1 Å². The number of hydrogen-bond acceptors (Lipinski definition) is 5. The van der Waals surface area contributed by atoms with Crippen LogP contribution in [0.3, 0.4) is 0 Å². The van der Waals surface area contributed by atoms with Crippen molar-refractivity contribution in [3.63, 3.8) is 0 Å². The third kappa shape index (κ3) is 3.05. The highest BCUT2D eigenvalue weighted by Crippen LogP contribution is 2.31. The number of H-pyrrole nitrogens is 1. The zero-order valence-electron chi connectivity index (χ0n) is 15.0. The van der Waals surface area contributed by atoms with E-state index in [4.69, 9.17) is 9.15 Å². The Hall–Kier alpha value is -2.83. The van der Waals surface area contributed by atoms with E-state index >= 15 is 0 Å². The number of aryl methyl sites for hydroxylation is 1. The maximum atomic E-state index is 13.2. The van der Waals surface area contributed by atoms with Gasteiger partial charge in [-0.3, -0.25) is 4.79 Å². The molecule has 1 amide bonds. The molecule has 1 N–H and O–H groups in total. The maximum Gasteiger partial charge on any atom is 0.270 e. The number of benzene rings is 1. The SMILES string of the molecule is COc1ccc2cc(C(=O)N3CCCCCC3c3nnc(C)o3)[nH]c2c1. The van der Waals surface area contributed by atoms with Crippen LogP contribution in [-0.4, -0.2) is 39.6 Å². The number of carbonyl (C=O) groups excluding carboxylic acids is 1. The van der Waals surface area contributed by atoms with E-state index in [-0.39, 0.29) is 11.9 Å². The number of aromatic amines is 1. The first-order valence-corrected chi connectivity index (χ1v) is 8.93. The van der Waals surface area contributed by atoms with Gasteiger partial charge in [0, 0.05) is 30.4 Å². The Kier molecular flexibility index (Phi) is 4.36. The second-order valence-corrected chi connectivity index (χ2v) is 6.66. The van der Waals surface area contributed by atoms with Crippen LogP contribution in [0.2, 0.25) is 0 Å². The summed E-state index contributed by atoms with van der Waals surface area (Å²) in [4.78, 5) is 18.3. The molecule has 136 valence electrons. The molecule has 1 fully saturated rings. The summed E-state index contributed by atoms with van der Waals surface area (Å²) in [5.74, 6) is 1.76. The molecule has 4 rings (SSSR count). The van der Waals surface area contributed by atoms with E-state index in [9.17, 15) is 4.79 Å². The molecule has 0 saturated carbocycles. The van der Waals surface area contributed by atoms with Crippen LogP contribution in [0.15, 0.2) is 28.7 Å². The first-order valence-electron chi connectivity index (χ1n) is 8.93. The van der Waals surface area contributed by atoms with E-state index in [2.05, 4.69) is 15.2 Å². The molecule has 1 unspecified atom stereocenters. The van der Waals surface area contributed by atoms with Crippen LogP contribution in [0.1, 0.15) is 54.0 Å². The Morgan fingerprint density at radius 3 is 2.92 bits per heavy atom. The van der Waals surface area contributed by atoms with Crippen molar-refractivity contribution in [3.8, 4) is 5.75 Å². The van der Waals surface area contributed by atoms with E-state index in [0.29, 0.717) is 24.0 Å². The zero-order chi connectivity index (χ0) is 18.1. The van der Waals surface area contributed by atoms with Gasteiger partial charge < -0.3 is 19.0 Å². The van der Waals surface area contributed by atoms with Crippen LogP contribution in [0, 0.1) is 6.92 Å². The van der Waals surface area contributed by atoms with Gasteiger partial charge in [0.25, 0.3) is 5.91 Å². The Morgan fingerprint density at radius 1 is 1.27 bits per heavy atom. The van der Waals surface area contributed by atoms with Gasteiger partial charge in [-0.05, 0) is 31.0 Å². The number of carbonyl (C=O) groups is 1. The van der Waals surface area contributed by atoms with Crippen molar-refractivity contribution in [2.75, 3.05) is 13.7 Å². The predicted molar refractivity (Wildman–Crippen MR) is 96.1 cm³/mol. The third-order valence-corrected chi connectivity index (χ3v) is 4.90. The number of ether oxygens (including phenoxy) is 1. The van der Waals surface area contributed by atoms with Crippen LogP contribution in [-0.2, 0) is 0 Å². The molecule has 3 aromatic rings. The van der Waals surface area contributed by atoms with E-state index in [1.165, 1.54) is 0 Å². The van der Waals surface area contributed by atoms with Gasteiger partial charge in [-0.2, -0.15) is 0 Å². The summed E-state index contributed by atoms with van der Waals surface area (Å²) < 4.78 is 10.9. The first-order chi connectivity index (χ1) is 12.7. The first kappa shape index (κ1) is 16.6. The number of rotatable bonds is 3. The summed E-state index contributed by atoms with van der Waals surface area (Å²) in [5.41, 5.74) is 1.45. The Morgan fingerprint density at radius 2 is 2.15 bits per heavy atom. The summed E-state index contributed by atoms with van der Waals surface area (Å²) in [7, 11) is 1.63. The van der Waals surface area contributed by atoms with Crippen molar-refractivity contribution in [2.24, 2.45) is 0 Å². The van der Waals surface area contributed by atoms with E-state index in [0.717, 1.165) is 42.3 Å². The second-order valence-electron chi connectivity index (χ2n) is 6.66. The molecule has 1 aliphatic heterocycles. The smallest absolute Gasteiger partial charge is 0.270 e. The number of fused-ring (bicyclic) bond motifs is 1. The third-order valence-electron chi connectivity index (χ3n) is 4.90.